The molecule has 1 N–H and O–H groups in total. The van der Waals surface area contributed by atoms with Crippen LogP contribution < -0.4 is 15.0 Å². The largest absolute Gasteiger partial charge is 0.497 e. The third-order valence-corrected chi connectivity index (χ3v) is 6.70. The molecule has 1 atom stereocenters. The molecule has 1 amide bonds. The molecule has 0 bridgehead atoms. The molecular weight excluding hydrogens is 426 g/mol. The van der Waals surface area contributed by atoms with Gasteiger partial charge in [-0.2, -0.15) is 5.10 Å². The molecule has 0 spiro atoms. The Morgan fingerprint density at radius 3 is 2.53 bits per heavy atom. The summed E-state index contributed by atoms with van der Waals surface area (Å²) < 4.78 is 7.31. The van der Waals surface area contributed by atoms with Gasteiger partial charge in [-0.15, -0.1) is 0 Å². The summed E-state index contributed by atoms with van der Waals surface area (Å²) in [6, 6.07) is 12.1. The van der Waals surface area contributed by atoms with E-state index in [0.717, 1.165) is 72.0 Å². The number of rotatable bonds is 7. The smallest absolute Gasteiger partial charge is 0.252 e. The zero-order valence-corrected chi connectivity index (χ0v) is 20.8. The zero-order valence-electron chi connectivity index (χ0n) is 20.8. The molecule has 7 heteroatoms. The first-order valence-corrected chi connectivity index (χ1v) is 11.9. The standard InChI is InChI=1S/C27H35N5O2/c1-6-31-9-11-32(12-10-31)24-8-7-19(2)26(16-24)27(33)29-20(3)21-13-22(15-25(14-21)34-5)23-17-28-30(4)18-23/h7-8,13-18,20H,6,9-12H2,1-5H3,(H,29,33)/t20-/m1/s1. The van der Waals surface area contributed by atoms with Gasteiger partial charge in [0, 0.05) is 56.2 Å². The van der Waals surface area contributed by atoms with E-state index in [9.17, 15) is 4.79 Å². The van der Waals surface area contributed by atoms with E-state index in [2.05, 4.69) is 39.3 Å². The highest BCUT2D eigenvalue weighted by molar-refractivity contribution is 5.97. The Hall–Kier alpha value is -3.32. The van der Waals surface area contributed by atoms with Gasteiger partial charge >= 0.3 is 0 Å². The average Bonchev–Trinajstić information content (AvgIpc) is 3.30. The fourth-order valence-electron chi connectivity index (χ4n) is 4.46. The van der Waals surface area contributed by atoms with Gasteiger partial charge < -0.3 is 19.9 Å². The molecule has 0 radical (unpaired) electrons. The number of benzene rings is 2. The van der Waals surface area contributed by atoms with Crippen molar-refractivity contribution in [1.82, 2.24) is 20.0 Å². The summed E-state index contributed by atoms with van der Waals surface area (Å²) in [6.45, 7) is 11.3. The number of hydrogen-bond acceptors (Lipinski definition) is 5. The fraction of sp³-hybridized carbons (Fsp3) is 0.407. The first-order chi connectivity index (χ1) is 16.4. The molecule has 1 aliphatic rings. The second kappa shape index (κ2) is 10.3. The molecule has 7 nitrogen and oxygen atoms in total. The molecule has 1 aromatic heterocycles. The highest BCUT2D eigenvalue weighted by Crippen LogP contribution is 2.29. The van der Waals surface area contributed by atoms with Gasteiger partial charge in [0.05, 0.1) is 19.3 Å². The minimum atomic E-state index is -0.186. The van der Waals surface area contributed by atoms with E-state index in [1.165, 1.54) is 0 Å². The molecule has 34 heavy (non-hydrogen) atoms. The van der Waals surface area contributed by atoms with E-state index in [0.29, 0.717) is 0 Å². The number of hydrogen-bond donors (Lipinski definition) is 1. The van der Waals surface area contributed by atoms with Crippen molar-refractivity contribution in [2.75, 3.05) is 44.7 Å². The van der Waals surface area contributed by atoms with Gasteiger partial charge in [-0.3, -0.25) is 9.48 Å². The predicted octanol–water partition coefficient (Wildman–Crippen LogP) is 4.04. The normalized spacial score (nSPS) is 15.3. The predicted molar refractivity (Wildman–Crippen MR) is 137 cm³/mol. The second-order valence-electron chi connectivity index (χ2n) is 9.01. The minimum Gasteiger partial charge on any atom is -0.497 e. The van der Waals surface area contributed by atoms with Crippen LogP contribution >= 0.6 is 0 Å². The molecule has 2 aromatic carbocycles. The first-order valence-electron chi connectivity index (χ1n) is 11.9. The molecule has 1 aliphatic heterocycles. The number of carbonyl (C=O) groups is 1. The van der Waals surface area contributed by atoms with Gasteiger partial charge in [0.25, 0.3) is 5.91 Å². The molecular formula is C27H35N5O2. The second-order valence-corrected chi connectivity index (χ2v) is 9.01. The van der Waals surface area contributed by atoms with Crippen LogP contribution in [-0.2, 0) is 7.05 Å². The maximum atomic E-state index is 13.3. The fourth-order valence-corrected chi connectivity index (χ4v) is 4.46. The van der Waals surface area contributed by atoms with Crippen LogP contribution in [0, 0.1) is 6.92 Å². The van der Waals surface area contributed by atoms with E-state index in [1.807, 2.05) is 57.6 Å². The number of aryl methyl sites for hydroxylation is 2. The molecule has 3 aromatic rings. The molecule has 1 fully saturated rings. The number of anilines is 1. The number of ether oxygens (including phenoxy) is 1. The van der Waals surface area contributed by atoms with Crippen LogP contribution in [0.5, 0.6) is 5.75 Å². The van der Waals surface area contributed by atoms with E-state index < -0.39 is 0 Å². The van der Waals surface area contributed by atoms with E-state index in [-0.39, 0.29) is 11.9 Å². The number of amides is 1. The molecule has 0 aliphatic carbocycles. The van der Waals surface area contributed by atoms with Crippen LogP contribution in [0.25, 0.3) is 11.1 Å². The number of nitrogens with zero attached hydrogens (tertiary/aromatic N) is 4. The van der Waals surface area contributed by atoms with Crippen LogP contribution in [0.2, 0.25) is 0 Å². The van der Waals surface area contributed by atoms with Gasteiger partial charge in [-0.05, 0) is 67.4 Å². The number of carbonyl (C=O) groups excluding carboxylic acids is 1. The Labute approximate surface area is 202 Å². The van der Waals surface area contributed by atoms with E-state index in [1.54, 1.807) is 11.8 Å². The van der Waals surface area contributed by atoms with Crippen molar-refractivity contribution in [2.45, 2.75) is 26.8 Å². The summed E-state index contributed by atoms with van der Waals surface area (Å²) in [7, 11) is 3.55. The summed E-state index contributed by atoms with van der Waals surface area (Å²) in [6.07, 6.45) is 3.80. The van der Waals surface area contributed by atoms with Crippen LogP contribution in [0.3, 0.4) is 0 Å². The summed E-state index contributed by atoms with van der Waals surface area (Å²) >= 11 is 0. The van der Waals surface area contributed by atoms with Crippen molar-refractivity contribution in [3.63, 3.8) is 0 Å². The first kappa shape index (κ1) is 23.8. The Kier molecular flexibility index (Phi) is 7.22. The molecule has 1 saturated heterocycles. The van der Waals surface area contributed by atoms with Crippen molar-refractivity contribution < 1.29 is 9.53 Å². The Balaban J connectivity index is 1.53. The molecule has 0 unspecified atom stereocenters. The maximum absolute atomic E-state index is 13.3. The lowest BCUT2D eigenvalue weighted by Crippen LogP contribution is -2.46. The summed E-state index contributed by atoms with van der Waals surface area (Å²) in [5.74, 6) is 0.687. The number of nitrogens with one attached hydrogen (secondary N) is 1. The summed E-state index contributed by atoms with van der Waals surface area (Å²) in [4.78, 5) is 18.1. The van der Waals surface area contributed by atoms with Gasteiger partial charge in [-0.25, -0.2) is 0 Å². The molecule has 2 heterocycles. The average molecular weight is 462 g/mol. The Morgan fingerprint density at radius 1 is 1.12 bits per heavy atom. The third-order valence-electron chi connectivity index (χ3n) is 6.70. The van der Waals surface area contributed by atoms with E-state index >= 15 is 0 Å². The van der Waals surface area contributed by atoms with Crippen molar-refractivity contribution in [1.29, 1.82) is 0 Å². The van der Waals surface area contributed by atoms with Gasteiger partial charge in [0.2, 0.25) is 0 Å². The number of methoxy groups -OCH3 is 1. The Bertz CT molecular complexity index is 1150. The van der Waals surface area contributed by atoms with Crippen molar-refractivity contribution >= 4 is 11.6 Å². The number of aromatic nitrogens is 2. The van der Waals surface area contributed by atoms with Gasteiger partial charge in [0.15, 0.2) is 0 Å². The lowest BCUT2D eigenvalue weighted by Gasteiger charge is -2.35. The lowest BCUT2D eigenvalue weighted by atomic mass is 10.0. The molecule has 4 rings (SSSR count). The van der Waals surface area contributed by atoms with Gasteiger partial charge in [-0.1, -0.05) is 13.0 Å². The van der Waals surface area contributed by atoms with E-state index in [4.69, 9.17) is 4.74 Å². The molecule has 0 saturated carbocycles. The molecule has 180 valence electrons. The van der Waals surface area contributed by atoms with Crippen LogP contribution in [0.1, 0.15) is 41.4 Å². The van der Waals surface area contributed by atoms with Crippen LogP contribution in [0.4, 0.5) is 5.69 Å². The SMILES string of the molecule is CCN1CCN(c2ccc(C)c(C(=O)N[C@H](C)c3cc(OC)cc(-c4cnn(C)c4)c3)c2)CC1. The third kappa shape index (κ3) is 5.25. The topological polar surface area (TPSA) is 62.6 Å². The number of likely N-dealkylation sites (N-methyl/N-ethyl adjacent to an activating group) is 1. The summed E-state index contributed by atoms with van der Waals surface area (Å²) in [5, 5.41) is 7.47. The zero-order chi connectivity index (χ0) is 24.2. The van der Waals surface area contributed by atoms with Gasteiger partial charge in [0.1, 0.15) is 5.75 Å². The van der Waals surface area contributed by atoms with Crippen molar-refractivity contribution in [3.8, 4) is 16.9 Å². The van der Waals surface area contributed by atoms with Crippen molar-refractivity contribution in [3.05, 3.63) is 65.5 Å². The monoisotopic (exact) mass is 461 g/mol. The Morgan fingerprint density at radius 2 is 1.88 bits per heavy atom. The lowest BCUT2D eigenvalue weighted by molar-refractivity contribution is 0.0939. The van der Waals surface area contributed by atoms with Crippen molar-refractivity contribution in [2.24, 2.45) is 7.05 Å². The minimum absolute atomic E-state index is 0.0650. The quantitative estimate of drug-likeness (QED) is 0.576. The maximum Gasteiger partial charge on any atom is 0.252 e. The van der Waals surface area contributed by atoms with Crippen LogP contribution in [-0.4, -0.2) is 60.4 Å². The van der Waals surface area contributed by atoms with Crippen LogP contribution in [0.15, 0.2) is 48.8 Å². The number of piperazine rings is 1. The highest BCUT2D eigenvalue weighted by Gasteiger charge is 2.20. The highest BCUT2D eigenvalue weighted by atomic mass is 16.5. The summed E-state index contributed by atoms with van der Waals surface area (Å²) in [5.41, 5.74) is 5.80.